The summed E-state index contributed by atoms with van der Waals surface area (Å²) >= 11 is 3.27. The van der Waals surface area contributed by atoms with Crippen molar-refractivity contribution >= 4 is 15.9 Å². The van der Waals surface area contributed by atoms with E-state index >= 15 is 0 Å². The van der Waals surface area contributed by atoms with E-state index in [4.69, 9.17) is 4.74 Å². The van der Waals surface area contributed by atoms with Crippen LogP contribution in [-0.2, 0) is 6.42 Å². The lowest BCUT2D eigenvalue weighted by Gasteiger charge is -2.03. The minimum absolute atomic E-state index is 0.0915. The molecule has 0 bridgehead atoms. The lowest BCUT2D eigenvalue weighted by Crippen LogP contribution is -2.05. The average Bonchev–Trinajstić information content (AvgIpc) is 2.16. The van der Waals surface area contributed by atoms with Gasteiger partial charge in [-0.1, -0.05) is 0 Å². The molecule has 0 aliphatic rings. The Labute approximate surface area is 89.4 Å². The highest BCUT2D eigenvalue weighted by atomic mass is 79.9. The van der Waals surface area contributed by atoms with Crippen LogP contribution in [0, 0.1) is 10.1 Å². The van der Waals surface area contributed by atoms with Gasteiger partial charge in [0.1, 0.15) is 0 Å². The molecule has 1 rings (SSSR count). The third-order valence-electron chi connectivity index (χ3n) is 1.68. The number of nitro groups is 1. The van der Waals surface area contributed by atoms with Crippen molar-refractivity contribution in [3.63, 3.8) is 0 Å². The standard InChI is InChI=1S/C8H9BrN2O3/c1-14-8-4-6(2-3-11(12)13)7(9)5-10-8/h4-5H,2-3H2,1H3. The van der Waals surface area contributed by atoms with Crippen molar-refractivity contribution in [1.82, 2.24) is 4.98 Å². The van der Waals surface area contributed by atoms with Gasteiger partial charge in [0.25, 0.3) is 0 Å². The lowest BCUT2D eigenvalue weighted by molar-refractivity contribution is -0.479. The molecule has 6 heteroatoms. The Balaban J connectivity index is 2.78. The molecular formula is C8H9BrN2O3. The molecule has 0 aliphatic heterocycles. The van der Waals surface area contributed by atoms with Gasteiger partial charge in [0, 0.05) is 28.1 Å². The Bertz CT molecular complexity index is 343. The number of ether oxygens (including phenoxy) is 1. The molecule has 1 aromatic rings. The first kappa shape index (κ1) is 10.9. The van der Waals surface area contributed by atoms with Crippen molar-refractivity contribution in [3.05, 3.63) is 32.4 Å². The average molecular weight is 261 g/mol. The zero-order valence-corrected chi connectivity index (χ0v) is 9.15. The Kier molecular flexibility index (Phi) is 3.82. The summed E-state index contributed by atoms with van der Waals surface area (Å²) < 4.78 is 5.68. The first-order valence-electron chi connectivity index (χ1n) is 3.93. The van der Waals surface area contributed by atoms with Gasteiger partial charge in [0.05, 0.1) is 7.11 Å². The zero-order chi connectivity index (χ0) is 10.6. The highest BCUT2D eigenvalue weighted by Crippen LogP contribution is 2.20. The summed E-state index contributed by atoms with van der Waals surface area (Å²) in [5.41, 5.74) is 0.827. The highest BCUT2D eigenvalue weighted by molar-refractivity contribution is 9.10. The van der Waals surface area contributed by atoms with Gasteiger partial charge in [-0.05, 0) is 21.5 Å². The van der Waals surface area contributed by atoms with E-state index in [1.54, 1.807) is 12.3 Å². The maximum absolute atomic E-state index is 10.2. The van der Waals surface area contributed by atoms with Crippen molar-refractivity contribution in [3.8, 4) is 5.88 Å². The fourth-order valence-electron chi connectivity index (χ4n) is 0.973. The van der Waals surface area contributed by atoms with Crippen molar-refractivity contribution in [2.24, 2.45) is 0 Å². The summed E-state index contributed by atoms with van der Waals surface area (Å²) in [4.78, 5) is 13.8. The van der Waals surface area contributed by atoms with E-state index in [1.165, 1.54) is 7.11 Å². The molecular weight excluding hydrogens is 252 g/mol. The molecule has 0 atom stereocenters. The van der Waals surface area contributed by atoms with Gasteiger partial charge >= 0.3 is 0 Å². The molecule has 0 N–H and O–H groups in total. The molecule has 0 unspecified atom stereocenters. The maximum Gasteiger partial charge on any atom is 0.213 e. The van der Waals surface area contributed by atoms with Gasteiger partial charge in [0.2, 0.25) is 12.4 Å². The summed E-state index contributed by atoms with van der Waals surface area (Å²) in [5.74, 6) is 0.464. The highest BCUT2D eigenvalue weighted by Gasteiger charge is 2.06. The van der Waals surface area contributed by atoms with E-state index in [2.05, 4.69) is 20.9 Å². The first-order chi connectivity index (χ1) is 6.63. The summed E-state index contributed by atoms with van der Waals surface area (Å²) in [6, 6.07) is 1.69. The third kappa shape index (κ3) is 2.95. The number of hydrogen-bond acceptors (Lipinski definition) is 4. The smallest absolute Gasteiger partial charge is 0.213 e. The molecule has 0 saturated heterocycles. The van der Waals surface area contributed by atoms with E-state index in [9.17, 15) is 10.1 Å². The molecule has 0 aliphatic carbocycles. The van der Waals surface area contributed by atoms with Crippen molar-refractivity contribution < 1.29 is 9.66 Å². The molecule has 1 heterocycles. The molecule has 0 fully saturated rings. The van der Waals surface area contributed by atoms with E-state index in [1.807, 2.05) is 0 Å². The van der Waals surface area contributed by atoms with Crippen molar-refractivity contribution in [2.75, 3.05) is 13.7 Å². The molecule has 14 heavy (non-hydrogen) atoms. The van der Waals surface area contributed by atoms with Crippen molar-refractivity contribution in [1.29, 1.82) is 0 Å². The van der Waals surface area contributed by atoms with E-state index < -0.39 is 0 Å². The van der Waals surface area contributed by atoms with Gasteiger partial charge in [-0.3, -0.25) is 10.1 Å². The molecule has 0 saturated carbocycles. The molecule has 0 amide bonds. The maximum atomic E-state index is 10.2. The number of methoxy groups -OCH3 is 1. The van der Waals surface area contributed by atoms with E-state index in [0.717, 1.165) is 10.0 Å². The van der Waals surface area contributed by atoms with Crippen LogP contribution in [0.2, 0.25) is 0 Å². The number of nitrogens with zero attached hydrogens (tertiary/aromatic N) is 2. The number of halogens is 1. The molecule has 76 valence electrons. The van der Waals surface area contributed by atoms with Gasteiger partial charge in [-0.15, -0.1) is 0 Å². The first-order valence-corrected chi connectivity index (χ1v) is 4.73. The minimum Gasteiger partial charge on any atom is -0.481 e. The lowest BCUT2D eigenvalue weighted by atomic mass is 10.2. The van der Waals surface area contributed by atoms with Crippen LogP contribution in [-0.4, -0.2) is 23.6 Å². The summed E-state index contributed by atoms with van der Waals surface area (Å²) in [6.07, 6.45) is 1.95. The molecule has 0 spiro atoms. The van der Waals surface area contributed by atoms with Crippen LogP contribution in [0.1, 0.15) is 5.56 Å². The molecule has 5 nitrogen and oxygen atoms in total. The Morgan fingerprint density at radius 2 is 2.43 bits per heavy atom. The van der Waals surface area contributed by atoms with Gasteiger partial charge in [0.15, 0.2) is 0 Å². The number of rotatable bonds is 4. The van der Waals surface area contributed by atoms with E-state index in [-0.39, 0.29) is 11.5 Å². The fraction of sp³-hybridized carbons (Fsp3) is 0.375. The SMILES string of the molecule is COc1cc(CC[N+](=O)[O-])c(Br)cn1. The van der Waals surface area contributed by atoms with Crippen LogP contribution in [0.15, 0.2) is 16.7 Å². The largest absolute Gasteiger partial charge is 0.481 e. The van der Waals surface area contributed by atoms with Crippen LogP contribution in [0.3, 0.4) is 0 Å². The second-order valence-electron chi connectivity index (χ2n) is 2.62. The van der Waals surface area contributed by atoms with Gasteiger partial charge in [-0.25, -0.2) is 4.98 Å². The second kappa shape index (κ2) is 4.90. The van der Waals surface area contributed by atoms with Crippen LogP contribution < -0.4 is 4.74 Å². The monoisotopic (exact) mass is 260 g/mol. The quantitative estimate of drug-likeness (QED) is 0.610. The van der Waals surface area contributed by atoms with Crippen LogP contribution >= 0.6 is 15.9 Å². The zero-order valence-electron chi connectivity index (χ0n) is 7.57. The number of aromatic nitrogens is 1. The predicted octanol–water partition coefficient (Wildman–Crippen LogP) is 1.67. The summed E-state index contributed by atoms with van der Waals surface area (Å²) in [5, 5.41) is 10.2. The molecule has 0 aromatic carbocycles. The van der Waals surface area contributed by atoms with E-state index in [0.29, 0.717) is 12.3 Å². The van der Waals surface area contributed by atoms with Crippen molar-refractivity contribution in [2.45, 2.75) is 6.42 Å². The van der Waals surface area contributed by atoms with Crippen LogP contribution in [0.5, 0.6) is 5.88 Å². The normalized spacial score (nSPS) is 9.86. The Morgan fingerprint density at radius 1 is 1.71 bits per heavy atom. The Hall–Kier alpha value is -1.17. The molecule has 0 radical (unpaired) electrons. The number of hydrogen-bond donors (Lipinski definition) is 0. The second-order valence-corrected chi connectivity index (χ2v) is 3.48. The summed E-state index contributed by atoms with van der Waals surface area (Å²) in [6.45, 7) is -0.0915. The predicted molar refractivity (Wildman–Crippen MR) is 54.1 cm³/mol. The number of pyridine rings is 1. The van der Waals surface area contributed by atoms with Crippen LogP contribution in [0.25, 0.3) is 0 Å². The third-order valence-corrected chi connectivity index (χ3v) is 2.40. The Morgan fingerprint density at radius 3 is 3.00 bits per heavy atom. The molecule has 1 aromatic heterocycles. The van der Waals surface area contributed by atoms with Gasteiger partial charge < -0.3 is 4.74 Å². The van der Waals surface area contributed by atoms with Crippen LogP contribution in [0.4, 0.5) is 0 Å². The summed E-state index contributed by atoms with van der Waals surface area (Å²) in [7, 11) is 1.51. The topological polar surface area (TPSA) is 65.3 Å². The van der Waals surface area contributed by atoms with Gasteiger partial charge in [-0.2, -0.15) is 0 Å². The fourth-order valence-corrected chi connectivity index (χ4v) is 1.39. The minimum atomic E-state index is -0.348.